The van der Waals surface area contributed by atoms with Gasteiger partial charge in [-0.3, -0.25) is 4.79 Å². The van der Waals surface area contributed by atoms with E-state index in [9.17, 15) is 4.79 Å². The Morgan fingerprint density at radius 2 is 2.33 bits per heavy atom. The van der Waals surface area contributed by atoms with Gasteiger partial charge < -0.3 is 0 Å². The fourth-order valence-corrected chi connectivity index (χ4v) is 0.718. The van der Waals surface area contributed by atoms with Crippen LogP contribution >= 0.6 is 0 Å². The Bertz CT molecular complexity index is 130. The average molecular weight is 124 g/mol. The van der Waals surface area contributed by atoms with Crippen molar-refractivity contribution in [3.63, 3.8) is 0 Å². The standard InChI is InChI=1S/C8H12O/c1-4-6-8(5-2)7(3)9/h1,8H,5-6H2,2-3H3. The lowest BCUT2D eigenvalue weighted by Crippen LogP contribution is -2.07. The Hall–Kier alpha value is -0.770. The third kappa shape index (κ3) is 2.92. The largest absolute Gasteiger partial charge is 0.300 e. The Morgan fingerprint density at radius 3 is 2.44 bits per heavy atom. The van der Waals surface area contributed by atoms with Crippen molar-refractivity contribution in [2.75, 3.05) is 0 Å². The van der Waals surface area contributed by atoms with E-state index in [1.54, 1.807) is 6.92 Å². The zero-order valence-corrected chi connectivity index (χ0v) is 5.98. The monoisotopic (exact) mass is 124 g/mol. The van der Waals surface area contributed by atoms with Crippen molar-refractivity contribution >= 4 is 5.78 Å². The molecule has 0 heterocycles. The Labute approximate surface area is 56.5 Å². The van der Waals surface area contributed by atoms with Crippen molar-refractivity contribution in [2.45, 2.75) is 26.7 Å². The molecule has 0 aromatic heterocycles. The number of hydrogen-bond donors (Lipinski definition) is 0. The van der Waals surface area contributed by atoms with Crippen molar-refractivity contribution in [1.82, 2.24) is 0 Å². The molecule has 1 nitrogen and oxygen atoms in total. The third-order valence-corrected chi connectivity index (χ3v) is 1.43. The van der Waals surface area contributed by atoms with Crippen LogP contribution in [0.5, 0.6) is 0 Å². The topological polar surface area (TPSA) is 17.1 Å². The SMILES string of the molecule is C#CCC(CC)C(C)=O. The second-order valence-corrected chi connectivity index (χ2v) is 2.12. The van der Waals surface area contributed by atoms with Gasteiger partial charge in [-0.25, -0.2) is 0 Å². The molecular weight excluding hydrogens is 112 g/mol. The summed E-state index contributed by atoms with van der Waals surface area (Å²) in [5.74, 6) is 2.78. The fraction of sp³-hybridized carbons (Fsp3) is 0.625. The molecule has 0 radical (unpaired) electrons. The number of rotatable bonds is 3. The van der Waals surface area contributed by atoms with Crippen molar-refractivity contribution in [1.29, 1.82) is 0 Å². The molecule has 0 aromatic carbocycles. The zero-order valence-electron chi connectivity index (χ0n) is 5.98. The summed E-state index contributed by atoms with van der Waals surface area (Å²) in [4.78, 5) is 10.7. The lowest BCUT2D eigenvalue weighted by atomic mass is 9.99. The summed E-state index contributed by atoms with van der Waals surface area (Å²) in [6, 6.07) is 0. The van der Waals surface area contributed by atoms with E-state index in [-0.39, 0.29) is 11.7 Å². The molecule has 1 heteroatoms. The van der Waals surface area contributed by atoms with Crippen LogP contribution in [-0.4, -0.2) is 5.78 Å². The molecule has 0 saturated carbocycles. The summed E-state index contributed by atoms with van der Waals surface area (Å²) in [5.41, 5.74) is 0. The lowest BCUT2D eigenvalue weighted by molar-refractivity contribution is -0.120. The molecule has 1 atom stereocenters. The predicted molar refractivity (Wildman–Crippen MR) is 37.9 cm³/mol. The number of carbonyl (C=O) groups excluding carboxylic acids is 1. The van der Waals surface area contributed by atoms with Gasteiger partial charge in [-0.15, -0.1) is 12.3 Å². The van der Waals surface area contributed by atoms with E-state index >= 15 is 0 Å². The van der Waals surface area contributed by atoms with E-state index in [1.807, 2.05) is 6.92 Å². The van der Waals surface area contributed by atoms with Crippen LogP contribution in [-0.2, 0) is 4.79 Å². The molecule has 0 aliphatic carbocycles. The maximum Gasteiger partial charge on any atom is 0.133 e. The average Bonchev–Trinajstić information content (AvgIpc) is 1.82. The Balaban J connectivity index is 3.71. The van der Waals surface area contributed by atoms with Crippen LogP contribution in [0.15, 0.2) is 0 Å². The quantitative estimate of drug-likeness (QED) is 0.522. The summed E-state index contributed by atoms with van der Waals surface area (Å²) in [5, 5.41) is 0. The minimum absolute atomic E-state index is 0.0926. The molecule has 0 N–H and O–H groups in total. The number of carbonyl (C=O) groups is 1. The van der Waals surface area contributed by atoms with Crippen LogP contribution < -0.4 is 0 Å². The van der Waals surface area contributed by atoms with Crippen LogP contribution in [0.4, 0.5) is 0 Å². The maximum absolute atomic E-state index is 10.7. The van der Waals surface area contributed by atoms with E-state index in [0.29, 0.717) is 6.42 Å². The number of ketones is 1. The highest BCUT2D eigenvalue weighted by Crippen LogP contribution is 2.07. The van der Waals surface area contributed by atoms with Crippen molar-refractivity contribution < 1.29 is 4.79 Å². The molecule has 0 bridgehead atoms. The molecule has 0 aliphatic heterocycles. The van der Waals surface area contributed by atoms with Crippen molar-refractivity contribution in [2.24, 2.45) is 5.92 Å². The smallest absolute Gasteiger partial charge is 0.133 e. The first kappa shape index (κ1) is 8.23. The van der Waals surface area contributed by atoms with E-state index in [0.717, 1.165) is 6.42 Å². The van der Waals surface area contributed by atoms with Gasteiger partial charge in [0.1, 0.15) is 5.78 Å². The van der Waals surface area contributed by atoms with Gasteiger partial charge >= 0.3 is 0 Å². The molecule has 1 unspecified atom stereocenters. The summed E-state index contributed by atoms with van der Waals surface area (Å²) >= 11 is 0. The third-order valence-electron chi connectivity index (χ3n) is 1.43. The molecule has 0 aromatic rings. The second kappa shape index (κ2) is 4.14. The van der Waals surface area contributed by atoms with Gasteiger partial charge in [0.2, 0.25) is 0 Å². The van der Waals surface area contributed by atoms with E-state index in [1.165, 1.54) is 0 Å². The normalized spacial score (nSPS) is 12.1. The minimum Gasteiger partial charge on any atom is -0.300 e. The molecule has 0 spiro atoms. The molecule has 50 valence electrons. The lowest BCUT2D eigenvalue weighted by Gasteiger charge is -2.04. The summed E-state index contributed by atoms with van der Waals surface area (Å²) in [7, 11) is 0. The highest BCUT2D eigenvalue weighted by Gasteiger charge is 2.08. The van der Waals surface area contributed by atoms with Crippen molar-refractivity contribution in [3.05, 3.63) is 0 Å². The summed E-state index contributed by atoms with van der Waals surface area (Å²) < 4.78 is 0. The maximum atomic E-state index is 10.7. The van der Waals surface area contributed by atoms with Crippen LogP contribution in [0.1, 0.15) is 26.7 Å². The van der Waals surface area contributed by atoms with E-state index in [2.05, 4.69) is 5.92 Å². The molecule has 0 aliphatic rings. The Kier molecular flexibility index (Phi) is 3.79. The van der Waals surface area contributed by atoms with Gasteiger partial charge in [-0.1, -0.05) is 6.92 Å². The number of terminal acetylenes is 1. The van der Waals surface area contributed by atoms with Gasteiger partial charge in [0.25, 0.3) is 0 Å². The number of hydrogen-bond acceptors (Lipinski definition) is 1. The van der Waals surface area contributed by atoms with Gasteiger partial charge in [-0.2, -0.15) is 0 Å². The Morgan fingerprint density at radius 1 is 1.78 bits per heavy atom. The highest BCUT2D eigenvalue weighted by molar-refractivity contribution is 5.78. The van der Waals surface area contributed by atoms with E-state index < -0.39 is 0 Å². The molecular formula is C8H12O. The van der Waals surface area contributed by atoms with Gasteiger partial charge in [0.05, 0.1) is 0 Å². The van der Waals surface area contributed by atoms with Crippen LogP contribution in [0.3, 0.4) is 0 Å². The molecule has 0 fully saturated rings. The minimum atomic E-state index is 0.0926. The fourth-order valence-electron chi connectivity index (χ4n) is 0.718. The van der Waals surface area contributed by atoms with Crippen LogP contribution in [0.25, 0.3) is 0 Å². The van der Waals surface area contributed by atoms with Gasteiger partial charge in [0.15, 0.2) is 0 Å². The molecule has 9 heavy (non-hydrogen) atoms. The number of Topliss-reactive ketones (excluding diaryl/α,β-unsaturated/α-hetero) is 1. The van der Waals surface area contributed by atoms with Gasteiger partial charge in [-0.05, 0) is 13.3 Å². The zero-order chi connectivity index (χ0) is 7.28. The second-order valence-electron chi connectivity index (χ2n) is 2.12. The molecule has 0 amide bonds. The summed E-state index contributed by atoms with van der Waals surface area (Å²) in [6.45, 7) is 3.56. The summed E-state index contributed by atoms with van der Waals surface area (Å²) in [6.07, 6.45) is 6.49. The highest BCUT2D eigenvalue weighted by atomic mass is 16.1. The van der Waals surface area contributed by atoms with Crippen LogP contribution in [0.2, 0.25) is 0 Å². The first-order chi connectivity index (χ1) is 4.22. The molecule has 0 saturated heterocycles. The van der Waals surface area contributed by atoms with E-state index in [4.69, 9.17) is 6.42 Å². The molecule has 0 rings (SSSR count). The first-order valence-electron chi connectivity index (χ1n) is 3.16. The first-order valence-corrected chi connectivity index (χ1v) is 3.16. The van der Waals surface area contributed by atoms with Gasteiger partial charge in [0, 0.05) is 12.3 Å². The van der Waals surface area contributed by atoms with Crippen LogP contribution in [0, 0.1) is 18.3 Å². The van der Waals surface area contributed by atoms with Crippen molar-refractivity contribution in [3.8, 4) is 12.3 Å². The predicted octanol–water partition coefficient (Wildman–Crippen LogP) is 1.62.